The van der Waals surface area contributed by atoms with Crippen molar-refractivity contribution in [1.82, 2.24) is 0 Å². The van der Waals surface area contributed by atoms with Gasteiger partial charge in [-0.25, -0.2) is 0 Å². The van der Waals surface area contributed by atoms with Gasteiger partial charge < -0.3 is 0 Å². The number of benzene rings is 1. The van der Waals surface area contributed by atoms with E-state index in [1.54, 1.807) is 11.1 Å². The second-order valence-corrected chi connectivity index (χ2v) is 7.02. The summed E-state index contributed by atoms with van der Waals surface area (Å²) in [6, 6.07) is 6.98. The summed E-state index contributed by atoms with van der Waals surface area (Å²) < 4.78 is 0. The van der Waals surface area contributed by atoms with Crippen LogP contribution in [-0.2, 0) is 6.42 Å². The third-order valence-electron chi connectivity index (χ3n) is 5.43. The van der Waals surface area contributed by atoms with Crippen LogP contribution in [0.5, 0.6) is 0 Å². The normalized spacial score (nSPS) is 23.9. The molecule has 0 saturated carbocycles. The molecule has 0 amide bonds. The maximum Gasteiger partial charge on any atom is 0.0455 e. The molecule has 0 N–H and O–H groups in total. The minimum atomic E-state index is 0.672. The van der Waals surface area contributed by atoms with E-state index in [2.05, 4.69) is 37.3 Å². The van der Waals surface area contributed by atoms with Gasteiger partial charge in [0.25, 0.3) is 0 Å². The Balaban J connectivity index is 1.65. The van der Waals surface area contributed by atoms with E-state index in [-0.39, 0.29) is 0 Å². The average molecular weight is 291 g/mol. The van der Waals surface area contributed by atoms with Crippen LogP contribution in [0.3, 0.4) is 0 Å². The highest BCUT2D eigenvalue weighted by Crippen LogP contribution is 2.34. The highest BCUT2D eigenvalue weighted by atomic mass is 14.8. The summed E-state index contributed by atoms with van der Waals surface area (Å²) in [5, 5.41) is 2.83. The van der Waals surface area contributed by atoms with Crippen molar-refractivity contribution in [2.24, 2.45) is 10.9 Å². The molecule has 0 saturated heterocycles. The van der Waals surface area contributed by atoms with Crippen molar-refractivity contribution in [1.29, 1.82) is 0 Å². The lowest BCUT2D eigenvalue weighted by molar-refractivity contribution is 0.572. The molecule has 0 bridgehead atoms. The molecule has 0 radical (unpaired) electrons. The fourth-order valence-corrected chi connectivity index (χ4v) is 4.19. The zero-order chi connectivity index (χ0) is 14.9. The molecule has 1 unspecified atom stereocenters. The average Bonchev–Trinajstić information content (AvgIpc) is 2.58. The molecule has 1 atom stereocenters. The van der Waals surface area contributed by atoms with Gasteiger partial charge in [0, 0.05) is 18.7 Å². The van der Waals surface area contributed by atoms with Gasteiger partial charge in [-0.15, -0.1) is 0 Å². The Morgan fingerprint density at radius 3 is 2.77 bits per heavy atom. The number of hydrogen-bond acceptors (Lipinski definition) is 1. The molecule has 0 fully saturated rings. The minimum Gasteiger partial charge on any atom is -0.289 e. The molecule has 0 spiro atoms. The summed E-state index contributed by atoms with van der Waals surface area (Å²) in [6.45, 7) is 3.35. The van der Waals surface area contributed by atoms with E-state index in [0.29, 0.717) is 5.92 Å². The summed E-state index contributed by atoms with van der Waals surface area (Å²) in [4.78, 5) is 4.94. The van der Waals surface area contributed by atoms with Crippen LogP contribution in [0.2, 0.25) is 0 Å². The minimum absolute atomic E-state index is 0.672. The molecule has 1 aliphatic heterocycles. The third kappa shape index (κ3) is 2.58. The molecule has 22 heavy (non-hydrogen) atoms. The topological polar surface area (TPSA) is 12.4 Å². The molecule has 3 aliphatic rings. The van der Waals surface area contributed by atoms with Gasteiger partial charge in [0.1, 0.15) is 0 Å². The van der Waals surface area contributed by atoms with Crippen molar-refractivity contribution in [3.63, 3.8) is 0 Å². The smallest absolute Gasteiger partial charge is 0.0455 e. The second kappa shape index (κ2) is 5.87. The lowest BCUT2D eigenvalue weighted by atomic mass is 9.79. The second-order valence-electron chi connectivity index (χ2n) is 7.02. The Morgan fingerprint density at radius 1 is 1.05 bits per heavy atom. The molecule has 1 aromatic carbocycles. The first-order valence-corrected chi connectivity index (χ1v) is 8.86. The number of aliphatic imine (C=N–C) groups is 1. The Labute approximate surface area is 133 Å². The number of allylic oxidation sites excluding steroid dienone is 1. The first-order chi connectivity index (χ1) is 10.8. The van der Waals surface area contributed by atoms with Gasteiger partial charge in [0.15, 0.2) is 0 Å². The lowest BCUT2D eigenvalue weighted by Crippen LogP contribution is -2.28. The van der Waals surface area contributed by atoms with Crippen LogP contribution < -0.4 is 10.4 Å². The van der Waals surface area contributed by atoms with Crippen molar-refractivity contribution in [2.75, 3.05) is 6.54 Å². The molecule has 4 rings (SSSR count). The van der Waals surface area contributed by atoms with Crippen molar-refractivity contribution >= 4 is 17.9 Å². The molecule has 2 aliphatic carbocycles. The van der Waals surface area contributed by atoms with Crippen LogP contribution in [0.1, 0.15) is 51.0 Å². The van der Waals surface area contributed by atoms with Gasteiger partial charge in [-0.1, -0.05) is 42.8 Å². The molecule has 1 nitrogen and oxygen atoms in total. The number of hydrogen-bond donors (Lipinski definition) is 0. The van der Waals surface area contributed by atoms with Crippen molar-refractivity contribution < 1.29 is 0 Å². The van der Waals surface area contributed by atoms with Crippen molar-refractivity contribution in [2.45, 2.75) is 51.9 Å². The van der Waals surface area contributed by atoms with E-state index in [1.165, 1.54) is 60.2 Å². The molecule has 0 aromatic heterocycles. The molecule has 1 aromatic rings. The Hall–Kier alpha value is -1.63. The largest absolute Gasteiger partial charge is 0.289 e. The fraction of sp³-hybridized carbons (Fsp3) is 0.476. The van der Waals surface area contributed by atoms with Gasteiger partial charge >= 0.3 is 0 Å². The van der Waals surface area contributed by atoms with Crippen LogP contribution in [0.15, 0.2) is 34.3 Å². The van der Waals surface area contributed by atoms with Crippen LogP contribution in [0, 0.1) is 5.92 Å². The van der Waals surface area contributed by atoms with Crippen LogP contribution >= 0.6 is 0 Å². The number of fused-ring (bicyclic) bond motifs is 1. The zero-order valence-corrected chi connectivity index (χ0v) is 13.6. The third-order valence-corrected chi connectivity index (χ3v) is 5.43. The molecular formula is C21H25N. The van der Waals surface area contributed by atoms with Crippen LogP contribution in [-0.4, -0.2) is 12.3 Å². The van der Waals surface area contributed by atoms with E-state index >= 15 is 0 Å². The Kier molecular flexibility index (Phi) is 3.73. The van der Waals surface area contributed by atoms with Gasteiger partial charge in [0.2, 0.25) is 0 Å². The number of nitrogens with zero attached hydrogens (tertiary/aromatic N) is 1. The Bertz CT molecular complexity index is 764. The molecular weight excluding hydrogens is 266 g/mol. The maximum absolute atomic E-state index is 4.94. The molecule has 1 heterocycles. The van der Waals surface area contributed by atoms with Crippen molar-refractivity contribution in [3.05, 3.63) is 45.3 Å². The first-order valence-electron chi connectivity index (χ1n) is 8.86. The van der Waals surface area contributed by atoms with Crippen LogP contribution in [0.4, 0.5) is 0 Å². The van der Waals surface area contributed by atoms with Crippen LogP contribution in [0.25, 0.3) is 12.2 Å². The quantitative estimate of drug-likeness (QED) is 0.790. The summed E-state index contributed by atoms with van der Waals surface area (Å²) in [5.41, 5.74) is 6.14. The van der Waals surface area contributed by atoms with Gasteiger partial charge in [-0.05, 0) is 66.0 Å². The van der Waals surface area contributed by atoms with Gasteiger partial charge in [-0.3, -0.25) is 4.99 Å². The highest BCUT2D eigenvalue weighted by Gasteiger charge is 2.24. The van der Waals surface area contributed by atoms with E-state index < -0.39 is 0 Å². The Morgan fingerprint density at radius 2 is 1.86 bits per heavy atom. The molecule has 114 valence electrons. The summed E-state index contributed by atoms with van der Waals surface area (Å²) in [5.74, 6) is 0.672. The lowest BCUT2D eigenvalue weighted by Gasteiger charge is -2.29. The first kappa shape index (κ1) is 14.0. The maximum atomic E-state index is 4.94. The predicted octanol–water partition coefficient (Wildman–Crippen LogP) is 3.55. The monoisotopic (exact) mass is 291 g/mol. The number of dihydropyridines is 1. The van der Waals surface area contributed by atoms with E-state index in [4.69, 9.17) is 4.99 Å². The predicted molar refractivity (Wildman–Crippen MR) is 94.5 cm³/mol. The fourth-order valence-electron chi connectivity index (χ4n) is 4.19. The highest BCUT2D eigenvalue weighted by molar-refractivity contribution is 6.03. The standard InChI is InChI=1S/C21H25N/c1-15-14-22-21(20-9-5-4-8-19(15)20)13-16-10-11-17-6-2-3-7-18(17)12-16/h6-7,10-12,15H,2-5,8-9,13-14H2,1H3. The zero-order valence-electron chi connectivity index (χ0n) is 13.6. The van der Waals surface area contributed by atoms with E-state index in [1.807, 2.05) is 0 Å². The number of rotatable bonds is 2. The summed E-state index contributed by atoms with van der Waals surface area (Å²) in [7, 11) is 0. The van der Waals surface area contributed by atoms with Gasteiger partial charge in [-0.2, -0.15) is 0 Å². The SMILES string of the molecule is CC1CN=C(Cc2ccc3c(c2)=CCCC=3)C2=C1CCCC2. The summed E-state index contributed by atoms with van der Waals surface area (Å²) >= 11 is 0. The summed E-state index contributed by atoms with van der Waals surface area (Å²) in [6.07, 6.45) is 13.4. The van der Waals surface area contributed by atoms with Gasteiger partial charge in [0.05, 0.1) is 0 Å². The van der Waals surface area contributed by atoms with Crippen molar-refractivity contribution in [3.8, 4) is 0 Å². The molecule has 1 heteroatoms. The van der Waals surface area contributed by atoms with E-state index in [9.17, 15) is 0 Å². The van der Waals surface area contributed by atoms with E-state index in [0.717, 1.165) is 13.0 Å².